The minimum Gasteiger partial charge on any atom is -0.480 e. The summed E-state index contributed by atoms with van der Waals surface area (Å²) in [6.07, 6.45) is -3.54. The highest BCUT2D eigenvalue weighted by molar-refractivity contribution is 7.99. The molecule has 2 rings (SSSR count). The van der Waals surface area contributed by atoms with E-state index in [2.05, 4.69) is 0 Å². The second kappa shape index (κ2) is 4.88. The van der Waals surface area contributed by atoms with Gasteiger partial charge in [0.25, 0.3) is 0 Å². The van der Waals surface area contributed by atoms with Crippen molar-refractivity contribution in [1.82, 2.24) is 4.90 Å². The first kappa shape index (κ1) is 14.5. The monoisotopic (exact) mass is 297 g/mol. The zero-order chi connectivity index (χ0) is 14.3. The Bertz CT molecular complexity index is 393. The van der Waals surface area contributed by atoms with Gasteiger partial charge < -0.3 is 10.0 Å². The molecule has 108 valence electrons. The van der Waals surface area contributed by atoms with Gasteiger partial charge >= 0.3 is 18.1 Å². The van der Waals surface area contributed by atoms with Crippen LogP contribution in [0.15, 0.2) is 0 Å². The largest absolute Gasteiger partial charge is 0.480 e. The number of amides is 1. The van der Waals surface area contributed by atoms with Gasteiger partial charge in [0.05, 0.1) is 0 Å². The number of likely N-dealkylation sites (tertiary alicyclic amines) is 1. The predicted molar refractivity (Wildman–Crippen MR) is 62.8 cm³/mol. The summed E-state index contributed by atoms with van der Waals surface area (Å²) in [4.78, 5) is 22.9. The molecule has 2 saturated heterocycles. The number of thioether (sulfide) groups is 1. The van der Waals surface area contributed by atoms with Gasteiger partial charge in [-0.2, -0.15) is 24.9 Å². The molecule has 0 aromatic rings. The van der Waals surface area contributed by atoms with Gasteiger partial charge in [0.2, 0.25) is 0 Å². The third kappa shape index (κ3) is 2.82. The lowest BCUT2D eigenvalue weighted by atomic mass is 9.80. The molecular weight excluding hydrogens is 283 g/mol. The lowest BCUT2D eigenvalue weighted by Gasteiger charge is -2.32. The molecule has 0 bridgehead atoms. The quantitative estimate of drug-likeness (QED) is 0.801. The zero-order valence-electron chi connectivity index (χ0n) is 10.1. The Hall–Kier alpha value is -0.920. The Morgan fingerprint density at radius 1 is 1.26 bits per heavy atom. The molecule has 2 aliphatic rings. The lowest BCUT2D eigenvalue weighted by Crippen LogP contribution is -2.47. The highest BCUT2D eigenvalue weighted by atomic mass is 32.2. The average molecular weight is 297 g/mol. The number of carboxylic acid groups (broad SMARTS) is 1. The van der Waals surface area contributed by atoms with Crippen LogP contribution in [0.3, 0.4) is 0 Å². The van der Waals surface area contributed by atoms with E-state index in [-0.39, 0.29) is 13.0 Å². The van der Waals surface area contributed by atoms with Crippen LogP contribution >= 0.6 is 11.8 Å². The van der Waals surface area contributed by atoms with E-state index >= 15 is 0 Å². The Morgan fingerprint density at radius 2 is 1.84 bits per heavy atom. The number of halogens is 3. The Balaban J connectivity index is 2.22. The second-order valence-corrected chi connectivity index (χ2v) is 6.33. The van der Waals surface area contributed by atoms with Gasteiger partial charge in [-0.05, 0) is 36.2 Å². The molecule has 0 aromatic heterocycles. The van der Waals surface area contributed by atoms with Gasteiger partial charge in [0, 0.05) is 6.54 Å². The van der Waals surface area contributed by atoms with Gasteiger partial charge in [-0.1, -0.05) is 0 Å². The smallest absolute Gasteiger partial charge is 0.471 e. The van der Waals surface area contributed by atoms with Crippen LogP contribution in [-0.2, 0) is 9.59 Å². The first-order chi connectivity index (χ1) is 8.75. The van der Waals surface area contributed by atoms with Gasteiger partial charge in [-0.25, -0.2) is 4.79 Å². The van der Waals surface area contributed by atoms with Crippen LogP contribution in [0, 0.1) is 5.41 Å². The molecule has 19 heavy (non-hydrogen) atoms. The number of nitrogens with zero attached hydrogens (tertiary/aromatic N) is 1. The molecule has 2 heterocycles. The molecule has 1 amide bonds. The summed E-state index contributed by atoms with van der Waals surface area (Å²) in [5.41, 5.74) is -0.449. The Morgan fingerprint density at radius 3 is 2.32 bits per heavy atom. The fourth-order valence-electron chi connectivity index (χ4n) is 2.82. The van der Waals surface area contributed by atoms with E-state index in [1.165, 1.54) is 0 Å². The van der Waals surface area contributed by atoms with Gasteiger partial charge in [-0.15, -0.1) is 0 Å². The SMILES string of the molecule is O=C(O)C1CC2(CCSCC2)CN1C(=O)C(F)(F)F. The molecule has 4 nitrogen and oxygen atoms in total. The first-order valence-corrected chi connectivity index (χ1v) is 7.09. The van der Waals surface area contributed by atoms with Crippen molar-refractivity contribution < 1.29 is 27.9 Å². The van der Waals surface area contributed by atoms with Crippen LogP contribution in [0.1, 0.15) is 19.3 Å². The van der Waals surface area contributed by atoms with Crippen LogP contribution in [0.4, 0.5) is 13.2 Å². The summed E-state index contributed by atoms with van der Waals surface area (Å²) in [5.74, 6) is -1.77. The van der Waals surface area contributed by atoms with Gasteiger partial charge in [0.15, 0.2) is 0 Å². The van der Waals surface area contributed by atoms with Crippen LogP contribution < -0.4 is 0 Å². The van der Waals surface area contributed by atoms with Crippen molar-refractivity contribution in [3.05, 3.63) is 0 Å². The van der Waals surface area contributed by atoms with E-state index in [1.807, 2.05) is 0 Å². The van der Waals surface area contributed by atoms with E-state index in [4.69, 9.17) is 5.11 Å². The average Bonchev–Trinajstić information content (AvgIpc) is 2.67. The molecule has 0 saturated carbocycles. The molecule has 1 unspecified atom stereocenters. The van der Waals surface area contributed by atoms with E-state index < -0.39 is 29.5 Å². The minimum absolute atomic E-state index is 0.0944. The number of alkyl halides is 3. The molecule has 2 aliphatic heterocycles. The Kier molecular flexibility index (Phi) is 3.72. The summed E-state index contributed by atoms with van der Waals surface area (Å²) >= 11 is 1.71. The Labute approximate surface area is 112 Å². The number of aliphatic carboxylic acids is 1. The summed E-state index contributed by atoms with van der Waals surface area (Å²) in [6.45, 7) is -0.0944. The standard InChI is InChI=1S/C11H14F3NO3S/c12-11(13,14)9(18)15-6-10(1-3-19-4-2-10)5-7(15)8(16)17/h7H,1-6H2,(H,16,17). The second-order valence-electron chi connectivity index (χ2n) is 5.10. The number of carboxylic acids is 1. The third-order valence-electron chi connectivity index (χ3n) is 3.85. The number of hydrogen-bond acceptors (Lipinski definition) is 3. The van der Waals surface area contributed by atoms with E-state index in [1.54, 1.807) is 11.8 Å². The summed E-state index contributed by atoms with van der Waals surface area (Å²) in [6, 6.07) is -1.35. The van der Waals surface area contributed by atoms with Gasteiger partial charge in [0.1, 0.15) is 6.04 Å². The zero-order valence-corrected chi connectivity index (χ0v) is 10.9. The van der Waals surface area contributed by atoms with Crippen LogP contribution in [-0.4, -0.2) is 52.2 Å². The number of carbonyl (C=O) groups excluding carboxylic acids is 1. The highest BCUT2D eigenvalue weighted by Gasteiger charge is 2.54. The summed E-state index contributed by atoms with van der Waals surface area (Å²) in [7, 11) is 0. The maximum absolute atomic E-state index is 12.5. The molecule has 0 aliphatic carbocycles. The fraction of sp³-hybridized carbons (Fsp3) is 0.818. The summed E-state index contributed by atoms with van der Waals surface area (Å²) < 4.78 is 37.5. The van der Waals surface area contributed by atoms with Crippen molar-refractivity contribution in [1.29, 1.82) is 0 Å². The van der Waals surface area contributed by atoms with Crippen molar-refractivity contribution in [2.45, 2.75) is 31.5 Å². The molecule has 2 fully saturated rings. The van der Waals surface area contributed by atoms with Crippen LogP contribution in [0.25, 0.3) is 0 Å². The maximum atomic E-state index is 12.5. The third-order valence-corrected chi connectivity index (χ3v) is 4.84. The van der Waals surface area contributed by atoms with Crippen molar-refractivity contribution in [3.8, 4) is 0 Å². The highest BCUT2D eigenvalue weighted by Crippen LogP contribution is 2.46. The fourth-order valence-corrected chi connectivity index (χ4v) is 4.18. The normalized spacial score (nSPS) is 26.7. The van der Waals surface area contributed by atoms with E-state index in [0.717, 1.165) is 11.5 Å². The molecular formula is C11H14F3NO3S. The molecule has 1 spiro atoms. The van der Waals surface area contributed by atoms with E-state index in [0.29, 0.717) is 17.7 Å². The molecule has 0 aromatic carbocycles. The maximum Gasteiger partial charge on any atom is 0.471 e. The van der Waals surface area contributed by atoms with Crippen molar-refractivity contribution in [3.63, 3.8) is 0 Å². The first-order valence-electron chi connectivity index (χ1n) is 5.94. The number of hydrogen-bond donors (Lipinski definition) is 1. The van der Waals surface area contributed by atoms with Gasteiger partial charge in [-0.3, -0.25) is 4.79 Å². The molecule has 1 atom stereocenters. The van der Waals surface area contributed by atoms with Crippen LogP contribution in [0.5, 0.6) is 0 Å². The van der Waals surface area contributed by atoms with Crippen molar-refractivity contribution in [2.75, 3.05) is 18.1 Å². The lowest BCUT2D eigenvalue weighted by molar-refractivity contribution is -0.188. The van der Waals surface area contributed by atoms with E-state index in [9.17, 15) is 22.8 Å². The van der Waals surface area contributed by atoms with Crippen molar-refractivity contribution in [2.24, 2.45) is 5.41 Å². The molecule has 1 N–H and O–H groups in total. The minimum atomic E-state index is -5.01. The van der Waals surface area contributed by atoms with Crippen molar-refractivity contribution >= 4 is 23.6 Å². The topological polar surface area (TPSA) is 57.6 Å². The predicted octanol–water partition coefficient (Wildman–Crippen LogP) is 1.75. The summed E-state index contributed by atoms with van der Waals surface area (Å²) in [5, 5.41) is 9.05. The van der Waals surface area contributed by atoms with Crippen LogP contribution in [0.2, 0.25) is 0 Å². The molecule has 8 heteroatoms. The number of rotatable bonds is 1. The number of carbonyl (C=O) groups is 2. The molecule has 0 radical (unpaired) electrons.